The molecule has 0 nitrogen and oxygen atoms in total. The van der Waals surface area contributed by atoms with E-state index in [-0.39, 0.29) is 0 Å². The minimum Gasteiger partial charge on any atom is -0.0933 e. The number of rotatable bonds is 10. The van der Waals surface area contributed by atoms with E-state index in [4.69, 9.17) is 11.6 Å². The van der Waals surface area contributed by atoms with Crippen LogP contribution in [0.2, 0.25) is 0 Å². The summed E-state index contributed by atoms with van der Waals surface area (Å²) < 4.78 is 0. The lowest BCUT2D eigenvalue weighted by Gasteiger charge is -2.00. The molecular weight excluding hydrogens is 192 g/mol. The van der Waals surface area contributed by atoms with Crippen LogP contribution in [0.5, 0.6) is 0 Å². The van der Waals surface area contributed by atoms with Crippen molar-refractivity contribution < 1.29 is 0 Å². The highest BCUT2D eigenvalue weighted by molar-refractivity contribution is 6.25. The van der Waals surface area contributed by atoms with Crippen LogP contribution in [0.25, 0.3) is 0 Å². The van der Waals surface area contributed by atoms with Crippen molar-refractivity contribution in [2.45, 2.75) is 71.1 Å². The number of hydrogen-bond donors (Lipinski definition) is 0. The van der Waals surface area contributed by atoms with E-state index in [1.807, 2.05) is 6.08 Å². The molecular formula is C13H25Cl. The molecule has 0 rings (SSSR count). The van der Waals surface area contributed by atoms with E-state index in [0.717, 1.165) is 6.42 Å². The number of halogens is 1. The minimum atomic E-state index is 1.15. The lowest BCUT2D eigenvalue weighted by atomic mass is 10.1. The Morgan fingerprint density at radius 2 is 1.29 bits per heavy atom. The van der Waals surface area contributed by atoms with E-state index in [2.05, 4.69) is 6.92 Å². The fraction of sp³-hybridized carbons (Fsp3) is 0.846. The van der Waals surface area contributed by atoms with Gasteiger partial charge in [0.2, 0.25) is 0 Å². The van der Waals surface area contributed by atoms with Crippen LogP contribution in [0.15, 0.2) is 11.6 Å². The lowest BCUT2D eigenvalue weighted by molar-refractivity contribution is 0.566. The molecule has 0 bridgehead atoms. The maximum atomic E-state index is 5.43. The topological polar surface area (TPSA) is 0 Å². The van der Waals surface area contributed by atoms with Gasteiger partial charge in [-0.2, -0.15) is 0 Å². The van der Waals surface area contributed by atoms with Crippen LogP contribution in [0, 0.1) is 0 Å². The SMILES string of the molecule is CCCCCCCCCCC/C=C/Cl. The maximum absolute atomic E-state index is 5.43. The molecule has 14 heavy (non-hydrogen) atoms. The highest BCUT2D eigenvalue weighted by atomic mass is 35.5. The predicted octanol–water partition coefficient (Wildman–Crippen LogP) is 5.66. The number of unbranched alkanes of at least 4 members (excludes halogenated alkanes) is 9. The zero-order valence-corrected chi connectivity index (χ0v) is 10.4. The normalized spacial score (nSPS) is 11.3. The molecule has 0 unspecified atom stereocenters. The van der Waals surface area contributed by atoms with Crippen molar-refractivity contribution in [1.82, 2.24) is 0 Å². The van der Waals surface area contributed by atoms with E-state index in [1.165, 1.54) is 57.8 Å². The van der Waals surface area contributed by atoms with Gasteiger partial charge in [-0.3, -0.25) is 0 Å². The van der Waals surface area contributed by atoms with Crippen LogP contribution in [0.4, 0.5) is 0 Å². The van der Waals surface area contributed by atoms with Gasteiger partial charge in [0.05, 0.1) is 0 Å². The van der Waals surface area contributed by atoms with Crippen LogP contribution in [-0.4, -0.2) is 0 Å². The van der Waals surface area contributed by atoms with Gasteiger partial charge < -0.3 is 0 Å². The largest absolute Gasteiger partial charge is 0.0933 e. The summed E-state index contributed by atoms with van der Waals surface area (Å²) in [6.07, 6.45) is 15.8. The molecule has 0 N–H and O–H groups in total. The second-order valence-electron chi connectivity index (χ2n) is 3.98. The molecule has 0 aromatic heterocycles. The van der Waals surface area contributed by atoms with Gasteiger partial charge >= 0.3 is 0 Å². The Hall–Kier alpha value is 0.0300. The summed E-state index contributed by atoms with van der Waals surface area (Å²) in [6, 6.07) is 0. The van der Waals surface area contributed by atoms with Crippen LogP contribution < -0.4 is 0 Å². The van der Waals surface area contributed by atoms with Crippen molar-refractivity contribution >= 4 is 11.6 Å². The van der Waals surface area contributed by atoms with Gasteiger partial charge in [0.15, 0.2) is 0 Å². The third-order valence-electron chi connectivity index (χ3n) is 2.56. The molecule has 0 heterocycles. The lowest BCUT2D eigenvalue weighted by Crippen LogP contribution is -1.80. The summed E-state index contributed by atoms with van der Waals surface area (Å²) >= 11 is 5.43. The standard InChI is InChI=1S/C13H25Cl/c1-2-3-4-5-6-7-8-9-10-11-12-13-14/h12-13H,2-11H2,1H3/b13-12+. The van der Waals surface area contributed by atoms with E-state index >= 15 is 0 Å². The molecule has 0 aliphatic heterocycles. The summed E-state index contributed by atoms with van der Waals surface area (Å²) in [5, 5.41) is 0. The molecule has 0 aromatic rings. The van der Waals surface area contributed by atoms with Gasteiger partial charge in [0.25, 0.3) is 0 Å². The van der Waals surface area contributed by atoms with Gasteiger partial charge in [0.1, 0.15) is 0 Å². The van der Waals surface area contributed by atoms with Crippen molar-refractivity contribution in [3.8, 4) is 0 Å². The molecule has 0 aliphatic rings. The smallest absolute Gasteiger partial charge is 0.000245 e. The summed E-state index contributed by atoms with van der Waals surface area (Å²) in [6.45, 7) is 2.27. The first-order valence-electron chi connectivity index (χ1n) is 6.17. The van der Waals surface area contributed by atoms with E-state index < -0.39 is 0 Å². The third-order valence-corrected chi connectivity index (χ3v) is 2.74. The molecule has 1 heteroatoms. The predicted molar refractivity (Wildman–Crippen MR) is 66.8 cm³/mol. The van der Waals surface area contributed by atoms with Crippen LogP contribution >= 0.6 is 11.6 Å². The monoisotopic (exact) mass is 216 g/mol. The molecule has 0 saturated carbocycles. The zero-order valence-electron chi connectivity index (χ0n) is 9.60. The molecule has 0 aliphatic carbocycles. The quantitative estimate of drug-likeness (QED) is 0.414. The average molecular weight is 217 g/mol. The molecule has 0 radical (unpaired) electrons. The second kappa shape index (κ2) is 13.0. The summed E-state index contributed by atoms with van der Waals surface area (Å²) in [7, 11) is 0. The van der Waals surface area contributed by atoms with E-state index in [1.54, 1.807) is 5.54 Å². The first kappa shape index (κ1) is 14.0. The van der Waals surface area contributed by atoms with E-state index in [0.29, 0.717) is 0 Å². The molecule has 84 valence electrons. The van der Waals surface area contributed by atoms with Gasteiger partial charge in [0, 0.05) is 5.54 Å². The van der Waals surface area contributed by atoms with Crippen molar-refractivity contribution in [3.63, 3.8) is 0 Å². The molecule has 0 aromatic carbocycles. The molecule has 0 spiro atoms. The molecule has 0 atom stereocenters. The van der Waals surface area contributed by atoms with Crippen LogP contribution in [0.1, 0.15) is 71.1 Å². The third kappa shape index (κ3) is 12.0. The highest BCUT2D eigenvalue weighted by Gasteiger charge is 1.90. The van der Waals surface area contributed by atoms with Crippen LogP contribution in [0.3, 0.4) is 0 Å². The molecule has 0 saturated heterocycles. The van der Waals surface area contributed by atoms with Gasteiger partial charge in [-0.05, 0) is 12.8 Å². The Balaban J connectivity index is 2.85. The molecule has 0 fully saturated rings. The van der Waals surface area contributed by atoms with Gasteiger partial charge in [-0.15, -0.1) is 0 Å². The Kier molecular flexibility index (Phi) is 13.1. The number of hydrogen-bond acceptors (Lipinski definition) is 0. The van der Waals surface area contributed by atoms with Crippen molar-refractivity contribution in [2.24, 2.45) is 0 Å². The Labute approximate surface area is 94.7 Å². The van der Waals surface area contributed by atoms with Crippen molar-refractivity contribution in [1.29, 1.82) is 0 Å². The van der Waals surface area contributed by atoms with Crippen molar-refractivity contribution in [3.05, 3.63) is 11.6 Å². The Morgan fingerprint density at radius 3 is 1.79 bits per heavy atom. The first-order chi connectivity index (χ1) is 6.91. The first-order valence-corrected chi connectivity index (χ1v) is 6.60. The van der Waals surface area contributed by atoms with E-state index in [9.17, 15) is 0 Å². The molecule has 0 amide bonds. The van der Waals surface area contributed by atoms with Crippen molar-refractivity contribution in [2.75, 3.05) is 0 Å². The highest BCUT2D eigenvalue weighted by Crippen LogP contribution is 2.10. The van der Waals surface area contributed by atoms with Gasteiger partial charge in [-0.25, -0.2) is 0 Å². The zero-order chi connectivity index (χ0) is 10.5. The summed E-state index contributed by atoms with van der Waals surface area (Å²) in [5.41, 5.74) is 1.63. The average Bonchev–Trinajstić information content (AvgIpc) is 2.21. The fourth-order valence-corrected chi connectivity index (χ4v) is 1.76. The summed E-state index contributed by atoms with van der Waals surface area (Å²) in [4.78, 5) is 0. The minimum absolute atomic E-state index is 1.15. The van der Waals surface area contributed by atoms with Crippen LogP contribution in [-0.2, 0) is 0 Å². The van der Waals surface area contributed by atoms with Gasteiger partial charge in [-0.1, -0.05) is 76.0 Å². The second-order valence-corrected chi connectivity index (χ2v) is 4.23. The Morgan fingerprint density at radius 1 is 0.786 bits per heavy atom. The fourth-order valence-electron chi connectivity index (χ4n) is 1.64. The summed E-state index contributed by atoms with van der Waals surface area (Å²) in [5.74, 6) is 0. The maximum Gasteiger partial charge on any atom is 0.000245 e. The number of allylic oxidation sites excluding steroid dienone is 1. The Bertz CT molecular complexity index is 118.